The molecule has 1 aromatic rings. The van der Waals surface area contributed by atoms with E-state index < -0.39 is 6.10 Å². The van der Waals surface area contributed by atoms with E-state index in [-0.39, 0.29) is 19.1 Å². The maximum atomic E-state index is 11.8. The van der Waals surface area contributed by atoms with Gasteiger partial charge in [-0.05, 0) is 44.4 Å². The highest BCUT2D eigenvalue weighted by Gasteiger charge is 2.07. The molecule has 0 saturated heterocycles. The highest BCUT2D eigenvalue weighted by atomic mass is 16.5. The molecule has 1 amide bonds. The number of amides is 1. The van der Waals surface area contributed by atoms with E-state index in [1.807, 2.05) is 0 Å². The second-order valence-corrected chi connectivity index (χ2v) is 4.72. The molecule has 1 atom stereocenters. The Hall–Kier alpha value is -1.59. The molecule has 0 aliphatic carbocycles. The van der Waals surface area contributed by atoms with Crippen molar-refractivity contribution in [3.8, 4) is 5.75 Å². The lowest BCUT2D eigenvalue weighted by Crippen LogP contribution is -2.30. The van der Waals surface area contributed by atoms with Crippen LogP contribution in [0.5, 0.6) is 5.75 Å². The van der Waals surface area contributed by atoms with Crippen LogP contribution >= 0.6 is 0 Å². The Bertz CT molecular complexity index is 407. The molecule has 1 aromatic carbocycles. The number of aliphatic hydroxyl groups excluding tert-OH is 2. The van der Waals surface area contributed by atoms with Crippen molar-refractivity contribution in [2.75, 3.05) is 19.8 Å². The standard InChI is InChI=1S/C15H23NO4/c1-12(18)11-16-15(19)13-6-5-7-14(10-13)20-9-4-2-3-8-17/h5-7,10,12,17-18H,2-4,8-9,11H2,1H3,(H,16,19). The largest absolute Gasteiger partial charge is 0.494 e. The number of aliphatic hydroxyl groups is 2. The van der Waals surface area contributed by atoms with Crippen LogP contribution < -0.4 is 10.1 Å². The lowest BCUT2D eigenvalue weighted by Gasteiger charge is -2.09. The molecule has 5 nitrogen and oxygen atoms in total. The molecule has 0 aliphatic rings. The number of unbranched alkanes of at least 4 members (excludes halogenated alkanes) is 2. The van der Waals surface area contributed by atoms with Crippen LogP contribution in [0.4, 0.5) is 0 Å². The van der Waals surface area contributed by atoms with E-state index in [1.54, 1.807) is 31.2 Å². The summed E-state index contributed by atoms with van der Waals surface area (Å²) in [7, 11) is 0. The zero-order chi connectivity index (χ0) is 14.8. The summed E-state index contributed by atoms with van der Waals surface area (Å²) in [6, 6.07) is 6.96. The second-order valence-electron chi connectivity index (χ2n) is 4.72. The van der Waals surface area contributed by atoms with Gasteiger partial charge in [-0.25, -0.2) is 0 Å². The Morgan fingerprint density at radius 1 is 1.35 bits per heavy atom. The molecular formula is C15H23NO4. The number of benzene rings is 1. The number of nitrogens with one attached hydrogen (secondary N) is 1. The minimum absolute atomic E-state index is 0.207. The van der Waals surface area contributed by atoms with Crippen molar-refractivity contribution in [1.82, 2.24) is 5.32 Å². The molecule has 0 fully saturated rings. The third-order valence-electron chi connectivity index (χ3n) is 2.73. The fourth-order valence-corrected chi connectivity index (χ4v) is 1.65. The van der Waals surface area contributed by atoms with E-state index in [9.17, 15) is 4.79 Å². The van der Waals surface area contributed by atoms with Crippen LogP contribution in [-0.4, -0.2) is 42.0 Å². The van der Waals surface area contributed by atoms with Gasteiger partial charge in [-0.3, -0.25) is 4.79 Å². The summed E-state index contributed by atoms with van der Waals surface area (Å²) in [5.74, 6) is 0.426. The van der Waals surface area contributed by atoms with E-state index in [0.717, 1.165) is 19.3 Å². The number of carbonyl (C=O) groups is 1. The zero-order valence-corrected chi connectivity index (χ0v) is 11.8. The average molecular weight is 281 g/mol. The fraction of sp³-hybridized carbons (Fsp3) is 0.533. The summed E-state index contributed by atoms with van der Waals surface area (Å²) in [4.78, 5) is 11.8. The van der Waals surface area contributed by atoms with Crippen molar-refractivity contribution < 1.29 is 19.7 Å². The van der Waals surface area contributed by atoms with Crippen LogP contribution in [0.1, 0.15) is 36.5 Å². The van der Waals surface area contributed by atoms with Crippen molar-refractivity contribution in [3.63, 3.8) is 0 Å². The number of hydrogen-bond acceptors (Lipinski definition) is 4. The number of rotatable bonds is 9. The zero-order valence-electron chi connectivity index (χ0n) is 11.8. The summed E-state index contributed by atoms with van der Waals surface area (Å²) in [5, 5.41) is 20.4. The molecule has 3 N–H and O–H groups in total. The maximum Gasteiger partial charge on any atom is 0.251 e. The molecule has 20 heavy (non-hydrogen) atoms. The van der Waals surface area contributed by atoms with E-state index in [1.165, 1.54) is 0 Å². The number of ether oxygens (including phenoxy) is 1. The van der Waals surface area contributed by atoms with Crippen LogP contribution in [0, 0.1) is 0 Å². The lowest BCUT2D eigenvalue weighted by atomic mass is 10.2. The monoisotopic (exact) mass is 281 g/mol. The van der Waals surface area contributed by atoms with E-state index in [2.05, 4.69) is 5.32 Å². The topological polar surface area (TPSA) is 78.8 Å². The summed E-state index contributed by atoms with van der Waals surface area (Å²) >= 11 is 0. The van der Waals surface area contributed by atoms with E-state index >= 15 is 0 Å². The first-order chi connectivity index (χ1) is 9.63. The van der Waals surface area contributed by atoms with Crippen LogP contribution in [0.15, 0.2) is 24.3 Å². The first-order valence-corrected chi connectivity index (χ1v) is 6.93. The van der Waals surface area contributed by atoms with Crippen LogP contribution in [-0.2, 0) is 0 Å². The Morgan fingerprint density at radius 2 is 2.15 bits per heavy atom. The first kappa shape index (κ1) is 16.5. The molecule has 0 radical (unpaired) electrons. The molecule has 0 spiro atoms. The highest BCUT2D eigenvalue weighted by molar-refractivity contribution is 5.94. The third-order valence-corrected chi connectivity index (χ3v) is 2.73. The van der Waals surface area contributed by atoms with E-state index in [4.69, 9.17) is 14.9 Å². The average Bonchev–Trinajstić information content (AvgIpc) is 2.45. The normalized spacial score (nSPS) is 11.9. The number of carbonyl (C=O) groups excluding carboxylic acids is 1. The predicted octanol–water partition coefficient (Wildman–Crippen LogP) is 1.34. The Balaban J connectivity index is 2.42. The van der Waals surface area contributed by atoms with Crippen LogP contribution in [0.2, 0.25) is 0 Å². The summed E-state index contributed by atoms with van der Waals surface area (Å²) in [6.45, 7) is 2.62. The maximum absolute atomic E-state index is 11.8. The minimum atomic E-state index is -0.565. The smallest absolute Gasteiger partial charge is 0.251 e. The van der Waals surface area contributed by atoms with Gasteiger partial charge in [0, 0.05) is 18.7 Å². The van der Waals surface area contributed by atoms with Gasteiger partial charge >= 0.3 is 0 Å². The van der Waals surface area contributed by atoms with Crippen molar-refractivity contribution in [2.45, 2.75) is 32.3 Å². The fourth-order valence-electron chi connectivity index (χ4n) is 1.65. The molecular weight excluding hydrogens is 258 g/mol. The Morgan fingerprint density at radius 3 is 2.85 bits per heavy atom. The van der Waals surface area contributed by atoms with Gasteiger partial charge in [0.15, 0.2) is 0 Å². The summed E-state index contributed by atoms with van der Waals surface area (Å²) < 4.78 is 5.56. The second kappa shape index (κ2) is 9.34. The molecule has 1 rings (SSSR count). The van der Waals surface area contributed by atoms with Gasteiger partial charge in [0.25, 0.3) is 5.91 Å². The quantitative estimate of drug-likeness (QED) is 0.597. The molecule has 0 saturated carbocycles. The third kappa shape index (κ3) is 6.54. The van der Waals surface area contributed by atoms with Crippen LogP contribution in [0.3, 0.4) is 0 Å². The first-order valence-electron chi connectivity index (χ1n) is 6.93. The van der Waals surface area contributed by atoms with Gasteiger partial charge < -0.3 is 20.3 Å². The van der Waals surface area contributed by atoms with Gasteiger partial charge in [0.05, 0.1) is 12.7 Å². The molecule has 1 unspecified atom stereocenters. The Kier molecular flexibility index (Phi) is 7.69. The van der Waals surface area contributed by atoms with Gasteiger partial charge in [-0.15, -0.1) is 0 Å². The van der Waals surface area contributed by atoms with Crippen molar-refractivity contribution >= 4 is 5.91 Å². The Labute approximate surface area is 119 Å². The van der Waals surface area contributed by atoms with Gasteiger partial charge in [0.1, 0.15) is 5.75 Å². The van der Waals surface area contributed by atoms with Crippen molar-refractivity contribution in [3.05, 3.63) is 29.8 Å². The number of hydrogen-bond donors (Lipinski definition) is 3. The summed E-state index contributed by atoms with van der Waals surface area (Å²) in [5.41, 5.74) is 0.513. The highest BCUT2D eigenvalue weighted by Crippen LogP contribution is 2.14. The summed E-state index contributed by atoms with van der Waals surface area (Å²) in [6.07, 6.45) is 2.01. The molecule has 112 valence electrons. The molecule has 5 heteroatoms. The lowest BCUT2D eigenvalue weighted by molar-refractivity contribution is 0.0923. The van der Waals surface area contributed by atoms with Crippen molar-refractivity contribution in [2.24, 2.45) is 0 Å². The van der Waals surface area contributed by atoms with Crippen LogP contribution in [0.25, 0.3) is 0 Å². The SMILES string of the molecule is CC(O)CNC(=O)c1cccc(OCCCCCO)c1. The molecule has 0 aromatic heterocycles. The molecule has 0 heterocycles. The molecule has 0 bridgehead atoms. The van der Waals surface area contributed by atoms with Crippen molar-refractivity contribution in [1.29, 1.82) is 0 Å². The molecule has 0 aliphatic heterocycles. The van der Waals surface area contributed by atoms with E-state index in [0.29, 0.717) is 17.9 Å². The van der Waals surface area contributed by atoms with Gasteiger partial charge in [-0.2, -0.15) is 0 Å². The predicted molar refractivity (Wildman–Crippen MR) is 76.9 cm³/mol. The minimum Gasteiger partial charge on any atom is -0.494 e. The van der Waals surface area contributed by atoms with Gasteiger partial charge in [0.2, 0.25) is 0 Å². The van der Waals surface area contributed by atoms with Gasteiger partial charge in [-0.1, -0.05) is 6.07 Å².